The number of piperazine rings is 1. The largest absolute Gasteiger partial charge is 0.351 e. The molecule has 0 aromatic heterocycles. The van der Waals surface area contributed by atoms with Gasteiger partial charge in [0.05, 0.1) is 4.90 Å². The molecule has 3 aromatic carbocycles. The van der Waals surface area contributed by atoms with Crippen LogP contribution in [0.2, 0.25) is 0 Å². The number of hydrogen-bond acceptors (Lipinski definition) is 6. The Hall–Kier alpha value is -4.20. The molecule has 2 heterocycles. The van der Waals surface area contributed by atoms with E-state index in [9.17, 15) is 31.6 Å². The van der Waals surface area contributed by atoms with E-state index in [-0.39, 0.29) is 35.9 Å². The molecule has 5 rings (SSSR count). The summed E-state index contributed by atoms with van der Waals surface area (Å²) in [6.07, 6.45) is 0.685. The molecule has 0 radical (unpaired) electrons. The topological polar surface area (TPSA) is 119 Å². The van der Waals surface area contributed by atoms with Gasteiger partial charge in [0.15, 0.2) is 0 Å². The average Bonchev–Trinajstić information content (AvgIpc) is 3.06. The maximum absolute atomic E-state index is 14.0. The third kappa shape index (κ3) is 8.40. The second-order valence-corrected chi connectivity index (χ2v) is 14.1. The number of halogens is 2. The van der Waals surface area contributed by atoms with E-state index in [1.54, 1.807) is 17.0 Å². The number of carbonyl (C=O) groups excluding carboxylic acids is 3. The number of fused-ring (bicyclic) bond motifs is 1. The number of likely N-dealkylation sites (N-methyl/N-ethyl adjacent to an activating group) is 1. The minimum atomic E-state index is -3.70. The molecule has 2 atom stereocenters. The molecule has 13 heteroatoms. The van der Waals surface area contributed by atoms with Crippen LogP contribution in [0.4, 0.5) is 8.78 Å². The van der Waals surface area contributed by atoms with Crippen LogP contribution in [0, 0.1) is 17.6 Å². The summed E-state index contributed by atoms with van der Waals surface area (Å²) in [6, 6.07) is 16.1. The minimum absolute atomic E-state index is 0.168. The number of hydrogen-bond donors (Lipinski definition) is 2. The summed E-state index contributed by atoms with van der Waals surface area (Å²) in [5.41, 5.74) is 2.68. The first-order chi connectivity index (χ1) is 22.4. The molecule has 3 amide bonds. The fourth-order valence-corrected chi connectivity index (χ4v) is 7.27. The van der Waals surface area contributed by atoms with Gasteiger partial charge in [0.25, 0.3) is 0 Å². The van der Waals surface area contributed by atoms with Crippen molar-refractivity contribution in [1.82, 2.24) is 24.7 Å². The van der Waals surface area contributed by atoms with E-state index in [4.69, 9.17) is 0 Å². The van der Waals surface area contributed by atoms with Gasteiger partial charge in [0.1, 0.15) is 23.6 Å². The Balaban J connectivity index is 1.29. The van der Waals surface area contributed by atoms with E-state index in [2.05, 4.69) is 15.5 Å². The Bertz CT molecular complexity index is 1710. The van der Waals surface area contributed by atoms with Gasteiger partial charge < -0.3 is 20.4 Å². The Kier molecular flexibility index (Phi) is 10.7. The molecule has 2 N–H and O–H groups in total. The standard InChI is InChI=1S/C34H39F2N5O5S/c1-23(32(42)37-21-25-16-28(35)20-29(36)17-25)33(43)38-31(18-24-6-4-3-5-7-24)34(44)40-11-10-26-8-9-30(19-27(26)22-40)47(45,46)41-14-12-39(2)13-15-41/h3-9,16-17,19-20,23,31H,10-15,18,21-22H2,1-2H3,(H,37,42)(H,38,43). The van der Waals surface area contributed by atoms with Gasteiger partial charge in [-0.05, 0) is 66.9 Å². The summed E-state index contributed by atoms with van der Waals surface area (Å²) < 4.78 is 55.4. The van der Waals surface area contributed by atoms with E-state index < -0.39 is 45.4 Å². The van der Waals surface area contributed by atoms with E-state index >= 15 is 0 Å². The zero-order valence-corrected chi connectivity index (χ0v) is 27.2. The molecular formula is C34H39F2N5O5S. The second kappa shape index (κ2) is 14.7. The molecular weight excluding hydrogens is 628 g/mol. The van der Waals surface area contributed by atoms with Crippen LogP contribution in [0.5, 0.6) is 0 Å². The Morgan fingerprint density at radius 3 is 2.19 bits per heavy atom. The van der Waals surface area contributed by atoms with Crippen LogP contribution in [0.1, 0.15) is 29.2 Å². The lowest BCUT2D eigenvalue weighted by Gasteiger charge is -2.34. The zero-order valence-electron chi connectivity index (χ0n) is 26.4. The third-order valence-corrected chi connectivity index (χ3v) is 10.6. The first kappa shape index (κ1) is 34.1. The molecule has 1 saturated heterocycles. The van der Waals surface area contributed by atoms with Gasteiger partial charge in [0, 0.05) is 58.3 Å². The first-order valence-electron chi connectivity index (χ1n) is 15.6. The van der Waals surface area contributed by atoms with E-state index in [1.165, 1.54) is 11.2 Å². The summed E-state index contributed by atoms with van der Waals surface area (Å²) in [4.78, 5) is 43.9. The van der Waals surface area contributed by atoms with Crippen molar-refractivity contribution in [2.24, 2.45) is 5.92 Å². The van der Waals surface area contributed by atoms with Crippen molar-refractivity contribution in [3.8, 4) is 0 Å². The van der Waals surface area contributed by atoms with Crippen molar-refractivity contribution in [3.63, 3.8) is 0 Å². The number of amides is 3. The van der Waals surface area contributed by atoms with Crippen LogP contribution in [0.3, 0.4) is 0 Å². The van der Waals surface area contributed by atoms with Crippen LogP contribution in [0.25, 0.3) is 0 Å². The van der Waals surface area contributed by atoms with E-state index in [0.717, 1.165) is 34.9 Å². The summed E-state index contributed by atoms with van der Waals surface area (Å²) >= 11 is 0. The molecule has 2 aliphatic heterocycles. The predicted molar refractivity (Wildman–Crippen MR) is 171 cm³/mol. The highest BCUT2D eigenvalue weighted by molar-refractivity contribution is 7.89. The van der Waals surface area contributed by atoms with E-state index in [1.807, 2.05) is 43.4 Å². The molecule has 10 nitrogen and oxygen atoms in total. The van der Waals surface area contributed by atoms with Gasteiger partial charge in [-0.25, -0.2) is 17.2 Å². The van der Waals surface area contributed by atoms with Crippen LogP contribution >= 0.6 is 0 Å². The van der Waals surface area contributed by atoms with Crippen LogP contribution < -0.4 is 10.6 Å². The van der Waals surface area contributed by atoms with Crippen molar-refractivity contribution in [2.75, 3.05) is 39.8 Å². The van der Waals surface area contributed by atoms with E-state index in [0.29, 0.717) is 39.1 Å². The van der Waals surface area contributed by atoms with Crippen LogP contribution in [-0.2, 0) is 50.3 Å². The molecule has 2 aliphatic rings. The zero-order chi connectivity index (χ0) is 33.7. The smallest absolute Gasteiger partial charge is 0.245 e. The molecule has 1 fully saturated rings. The number of benzene rings is 3. The molecule has 2 unspecified atom stereocenters. The Morgan fingerprint density at radius 2 is 1.51 bits per heavy atom. The fraction of sp³-hybridized carbons (Fsp3) is 0.382. The third-order valence-electron chi connectivity index (χ3n) is 8.67. The van der Waals surface area contributed by atoms with Crippen LogP contribution in [-0.4, -0.2) is 86.1 Å². The SMILES string of the molecule is CC(C(=O)NCc1cc(F)cc(F)c1)C(=O)NC(Cc1ccccc1)C(=O)N1CCc2ccc(S(=O)(=O)N3CCN(C)CC3)cc2C1. The van der Waals surface area contributed by atoms with Gasteiger partial charge in [-0.3, -0.25) is 14.4 Å². The number of carbonyl (C=O) groups is 3. The molecule has 0 bridgehead atoms. The number of nitrogens with zero attached hydrogens (tertiary/aromatic N) is 3. The molecule has 0 spiro atoms. The lowest BCUT2D eigenvalue weighted by Crippen LogP contribution is -2.53. The van der Waals surface area contributed by atoms with Crippen molar-refractivity contribution in [3.05, 3.63) is 101 Å². The first-order valence-corrected chi connectivity index (χ1v) is 17.0. The van der Waals surface area contributed by atoms with Gasteiger partial charge in [-0.1, -0.05) is 36.4 Å². The number of rotatable bonds is 10. The lowest BCUT2D eigenvalue weighted by molar-refractivity contribution is -0.140. The fourth-order valence-electron chi connectivity index (χ4n) is 5.80. The lowest BCUT2D eigenvalue weighted by atomic mass is 9.97. The van der Waals surface area contributed by atoms with Crippen LogP contribution in [0.15, 0.2) is 71.6 Å². The minimum Gasteiger partial charge on any atom is -0.351 e. The predicted octanol–water partition coefficient (Wildman–Crippen LogP) is 2.47. The maximum atomic E-state index is 14.0. The quantitative estimate of drug-likeness (QED) is 0.321. The highest BCUT2D eigenvalue weighted by atomic mass is 32.2. The normalized spacial score (nSPS) is 17.0. The second-order valence-electron chi connectivity index (χ2n) is 12.1. The van der Waals surface area contributed by atoms with Crippen molar-refractivity contribution < 1.29 is 31.6 Å². The molecule has 0 saturated carbocycles. The Morgan fingerprint density at radius 1 is 0.830 bits per heavy atom. The maximum Gasteiger partial charge on any atom is 0.245 e. The number of sulfonamides is 1. The van der Waals surface area contributed by atoms with Crippen molar-refractivity contribution in [1.29, 1.82) is 0 Å². The highest BCUT2D eigenvalue weighted by Crippen LogP contribution is 2.26. The molecule has 47 heavy (non-hydrogen) atoms. The van der Waals surface area contributed by atoms with Gasteiger partial charge in [-0.2, -0.15) is 4.31 Å². The van der Waals surface area contributed by atoms with Gasteiger partial charge >= 0.3 is 0 Å². The highest BCUT2D eigenvalue weighted by Gasteiger charge is 2.33. The summed E-state index contributed by atoms with van der Waals surface area (Å²) in [7, 11) is -1.75. The Labute approximate surface area is 273 Å². The summed E-state index contributed by atoms with van der Waals surface area (Å²) in [5.74, 6) is -4.47. The van der Waals surface area contributed by atoms with Crippen molar-refractivity contribution >= 4 is 27.7 Å². The van der Waals surface area contributed by atoms with Gasteiger partial charge in [0.2, 0.25) is 27.7 Å². The molecule has 250 valence electrons. The average molecular weight is 668 g/mol. The summed E-state index contributed by atoms with van der Waals surface area (Å²) in [6.45, 7) is 3.85. The van der Waals surface area contributed by atoms with Crippen molar-refractivity contribution in [2.45, 2.75) is 43.8 Å². The molecule has 0 aliphatic carbocycles. The monoisotopic (exact) mass is 667 g/mol. The summed E-state index contributed by atoms with van der Waals surface area (Å²) in [5, 5.41) is 5.27. The van der Waals surface area contributed by atoms with Gasteiger partial charge in [-0.15, -0.1) is 0 Å². The molecule has 3 aromatic rings. The number of nitrogens with one attached hydrogen (secondary N) is 2.